The monoisotopic (exact) mass is 369 g/mol. The summed E-state index contributed by atoms with van der Waals surface area (Å²) < 4.78 is 0. The molecule has 1 atom stereocenters. The van der Waals surface area contributed by atoms with Crippen LogP contribution in [0.5, 0.6) is 0 Å². The van der Waals surface area contributed by atoms with Crippen molar-refractivity contribution in [1.82, 2.24) is 10.2 Å². The minimum absolute atomic E-state index is 0.169. The molecule has 144 valence electrons. The molecule has 6 heteroatoms. The summed E-state index contributed by atoms with van der Waals surface area (Å²) in [7, 11) is 0. The van der Waals surface area contributed by atoms with E-state index in [0.717, 1.165) is 63.1 Å². The van der Waals surface area contributed by atoms with E-state index in [4.69, 9.17) is 0 Å². The summed E-state index contributed by atoms with van der Waals surface area (Å²) in [5.74, 6) is -0.0949. The van der Waals surface area contributed by atoms with E-state index in [1.165, 1.54) is 0 Å². The Kier molecular flexibility index (Phi) is 5.14. The van der Waals surface area contributed by atoms with Crippen LogP contribution in [-0.4, -0.2) is 48.8 Å². The third-order valence-corrected chi connectivity index (χ3v) is 6.16. The zero-order valence-corrected chi connectivity index (χ0v) is 15.7. The zero-order valence-electron chi connectivity index (χ0n) is 15.7. The Morgan fingerprint density at radius 2 is 1.59 bits per heavy atom. The van der Waals surface area contributed by atoms with Gasteiger partial charge in [0.15, 0.2) is 0 Å². The van der Waals surface area contributed by atoms with Crippen LogP contribution in [0.25, 0.3) is 0 Å². The number of carbonyl (C=O) groups excluding carboxylic acids is 3. The number of carbonyl (C=O) groups is 3. The third kappa shape index (κ3) is 3.84. The minimum Gasteiger partial charge on any atom is -0.371 e. The third-order valence-electron chi connectivity index (χ3n) is 6.16. The summed E-state index contributed by atoms with van der Waals surface area (Å²) in [6.45, 7) is 3.64. The summed E-state index contributed by atoms with van der Waals surface area (Å²) in [6, 6.07) is 8.11. The highest BCUT2D eigenvalue weighted by atomic mass is 16.2. The number of hydrogen-bond donors (Lipinski definition) is 1. The highest BCUT2D eigenvalue weighted by Crippen LogP contribution is 2.29. The first-order valence-corrected chi connectivity index (χ1v) is 10.1. The molecule has 6 nitrogen and oxygen atoms in total. The average Bonchev–Trinajstić information content (AvgIpc) is 3.23. The Morgan fingerprint density at radius 3 is 2.22 bits per heavy atom. The molecule has 1 aromatic rings. The highest BCUT2D eigenvalue weighted by molar-refractivity contribution is 6.00. The molecule has 0 bridgehead atoms. The van der Waals surface area contributed by atoms with Crippen molar-refractivity contribution in [2.24, 2.45) is 5.92 Å². The molecule has 0 aromatic heterocycles. The lowest BCUT2D eigenvalue weighted by atomic mass is 9.90. The lowest BCUT2D eigenvalue weighted by Gasteiger charge is -2.34. The lowest BCUT2D eigenvalue weighted by Crippen LogP contribution is -2.41. The molecule has 27 heavy (non-hydrogen) atoms. The fourth-order valence-corrected chi connectivity index (χ4v) is 4.51. The number of imide groups is 1. The van der Waals surface area contributed by atoms with Gasteiger partial charge in [-0.2, -0.15) is 0 Å². The number of piperidine rings is 2. The summed E-state index contributed by atoms with van der Waals surface area (Å²) >= 11 is 0. The van der Waals surface area contributed by atoms with E-state index < -0.39 is 0 Å². The van der Waals surface area contributed by atoms with Gasteiger partial charge in [0.2, 0.25) is 17.7 Å². The molecule has 0 radical (unpaired) electrons. The summed E-state index contributed by atoms with van der Waals surface area (Å²) in [5.41, 5.74) is 2.10. The molecule has 3 aliphatic heterocycles. The largest absolute Gasteiger partial charge is 0.371 e. The predicted octanol–water partition coefficient (Wildman–Crippen LogP) is 2.05. The van der Waals surface area contributed by atoms with Gasteiger partial charge in [-0.05, 0) is 49.8 Å². The Morgan fingerprint density at radius 1 is 0.926 bits per heavy atom. The smallest absolute Gasteiger partial charge is 0.234 e. The van der Waals surface area contributed by atoms with Crippen LogP contribution in [0, 0.1) is 5.92 Å². The first-order valence-electron chi connectivity index (χ1n) is 10.1. The van der Waals surface area contributed by atoms with E-state index in [1.54, 1.807) is 0 Å². The molecule has 3 saturated heterocycles. The maximum absolute atomic E-state index is 12.6. The number of hydrogen-bond acceptors (Lipinski definition) is 4. The second-order valence-electron chi connectivity index (χ2n) is 7.89. The molecule has 3 aliphatic rings. The van der Waals surface area contributed by atoms with Gasteiger partial charge in [-0.1, -0.05) is 12.1 Å². The molecule has 0 unspecified atom stereocenters. The second-order valence-corrected chi connectivity index (χ2v) is 7.89. The van der Waals surface area contributed by atoms with Crippen LogP contribution in [-0.2, 0) is 14.4 Å². The predicted molar refractivity (Wildman–Crippen MR) is 102 cm³/mol. The SMILES string of the molecule is O=C1CC[C@H](c2ccc(N3CCC(C(=O)N4CCCC4)CC3)cc2)C(=O)N1. The summed E-state index contributed by atoms with van der Waals surface area (Å²) in [4.78, 5) is 40.2. The lowest BCUT2D eigenvalue weighted by molar-refractivity contribution is -0.135. The number of nitrogens with one attached hydrogen (secondary N) is 1. The van der Waals surface area contributed by atoms with E-state index in [9.17, 15) is 14.4 Å². The van der Waals surface area contributed by atoms with Gasteiger partial charge in [-0.25, -0.2) is 0 Å². The van der Waals surface area contributed by atoms with Gasteiger partial charge in [0.05, 0.1) is 5.92 Å². The van der Waals surface area contributed by atoms with Crippen LogP contribution in [0.1, 0.15) is 50.0 Å². The standard InChI is InChI=1S/C21H27N3O3/c25-19-8-7-18(20(26)22-19)15-3-5-17(6-4-15)23-13-9-16(10-14-23)21(27)24-11-1-2-12-24/h3-6,16,18H,1-2,7-14H2,(H,22,25,26)/t18-/m1/s1. The minimum atomic E-state index is -0.236. The van der Waals surface area contributed by atoms with Gasteiger partial charge in [-0.3, -0.25) is 19.7 Å². The molecular weight excluding hydrogens is 342 g/mol. The van der Waals surface area contributed by atoms with Crippen molar-refractivity contribution < 1.29 is 14.4 Å². The van der Waals surface area contributed by atoms with Gasteiger partial charge in [0, 0.05) is 44.2 Å². The molecule has 1 N–H and O–H groups in total. The molecule has 0 spiro atoms. The maximum atomic E-state index is 12.6. The second kappa shape index (κ2) is 7.71. The van der Waals surface area contributed by atoms with Gasteiger partial charge < -0.3 is 9.80 Å². The van der Waals surface area contributed by atoms with Crippen molar-refractivity contribution in [3.63, 3.8) is 0 Å². The molecule has 3 amide bonds. The van der Waals surface area contributed by atoms with Crippen LogP contribution in [0.4, 0.5) is 5.69 Å². The van der Waals surface area contributed by atoms with Crippen molar-refractivity contribution >= 4 is 23.4 Å². The topological polar surface area (TPSA) is 69.7 Å². The van der Waals surface area contributed by atoms with Crippen molar-refractivity contribution in [3.8, 4) is 0 Å². The van der Waals surface area contributed by atoms with Crippen molar-refractivity contribution in [1.29, 1.82) is 0 Å². The number of rotatable bonds is 3. The van der Waals surface area contributed by atoms with E-state index >= 15 is 0 Å². The van der Waals surface area contributed by atoms with Crippen molar-refractivity contribution in [3.05, 3.63) is 29.8 Å². The molecular formula is C21H27N3O3. The van der Waals surface area contributed by atoms with Crippen molar-refractivity contribution in [2.75, 3.05) is 31.1 Å². The number of amides is 3. The fourth-order valence-electron chi connectivity index (χ4n) is 4.51. The first kappa shape index (κ1) is 18.0. The van der Waals surface area contributed by atoms with Gasteiger partial charge in [0.1, 0.15) is 0 Å². The van der Waals surface area contributed by atoms with Crippen LogP contribution in [0.15, 0.2) is 24.3 Å². The average molecular weight is 369 g/mol. The zero-order chi connectivity index (χ0) is 18.8. The highest BCUT2D eigenvalue weighted by Gasteiger charge is 2.30. The van der Waals surface area contributed by atoms with Crippen LogP contribution < -0.4 is 10.2 Å². The normalized spacial score (nSPS) is 24.2. The Balaban J connectivity index is 1.34. The maximum Gasteiger partial charge on any atom is 0.234 e. The Hall–Kier alpha value is -2.37. The summed E-state index contributed by atoms with van der Waals surface area (Å²) in [5, 5.41) is 2.42. The molecule has 1 aromatic carbocycles. The summed E-state index contributed by atoms with van der Waals surface area (Å²) in [6.07, 6.45) is 5.08. The molecule has 0 aliphatic carbocycles. The number of likely N-dealkylation sites (tertiary alicyclic amines) is 1. The van der Waals surface area contributed by atoms with Gasteiger partial charge in [0.25, 0.3) is 0 Å². The number of nitrogens with zero attached hydrogens (tertiary/aromatic N) is 2. The fraction of sp³-hybridized carbons (Fsp3) is 0.571. The molecule has 0 saturated carbocycles. The van der Waals surface area contributed by atoms with E-state index in [2.05, 4.69) is 22.3 Å². The van der Waals surface area contributed by atoms with Crippen LogP contribution >= 0.6 is 0 Å². The molecule has 3 fully saturated rings. The molecule has 3 heterocycles. The van der Waals surface area contributed by atoms with E-state index in [0.29, 0.717) is 18.7 Å². The van der Waals surface area contributed by atoms with Gasteiger partial charge in [-0.15, -0.1) is 0 Å². The Bertz CT molecular complexity index is 717. The van der Waals surface area contributed by atoms with E-state index in [1.807, 2.05) is 17.0 Å². The van der Waals surface area contributed by atoms with Crippen LogP contribution in [0.3, 0.4) is 0 Å². The number of benzene rings is 1. The van der Waals surface area contributed by atoms with Crippen LogP contribution in [0.2, 0.25) is 0 Å². The molecule has 4 rings (SSSR count). The van der Waals surface area contributed by atoms with Gasteiger partial charge >= 0.3 is 0 Å². The number of anilines is 1. The quantitative estimate of drug-likeness (QED) is 0.828. The Labute approximate surface area is 159 Å². The van der Waals surface area contributed by atoms with Crippen molar-refractivity contribution in [2.45, 2.75) is 44.4 Å². The van der Waals surface area contributed by atoms with E-state index in [-0.39, 0.29) is 23.7 Å². The first-order chi connectivity index (χ1) is 13.1.